The Hall–Kier alpha value is -1.30. The van der Waals surface area contributed by atoms with Gasteiger partial charge in [0.05, 0.1) is 5.52 Å². The standard InChI is InChI=1S/C24H38ClN5/c1-20(29-16-6-3-7-17-29)11-12-26-24-22-19-21(25)9-10-23(22)30(27-24)18-8-15-28-13-4-2-5-14-28/h9-10,19-20H,2-8,11-18H2,1H3,(H,26,27). The molecule has 1 aromatic carbocycles. The van der Waals surface area contributed by atoms with Crippen LogP contribution in [0.5, 0.6) is 0 Å². The van der Waals surface area contributed by atoms with Crippen molar-refractivity contribution in [1.82, 2.24) is 19.6 Å². The monoisotopic (exact) mass is 431 g/mol. The van der Waals surface area contributed by atoms with Crippen LogP contribution in [0.25, 0.3) is 10.9 Å². The van der Waals surface area contributed by atoms with Crippen molar-refractivity contribution in [3.8, 4) is 0 Å². The lowest BCUT2D eigenvalue weighted by Gasteiger charge is -2.32. The minimum atomic E-state index is 0.624. The van der Waals surface area contributed by atoms with Crippen LogP contribution in [0.1, 0.15) is 58.3 Å². The second-order valence-electron chi connectivity index (χ2n) is 9.15. The van der Waals surface area contributed by atoms with Gasteiger partial charge in [-0.3, -0.25) is 4.68 Å². The number of rotatable bonds is 9. The topological polar surface area (TPSA) is 36.3 Å². The third-order valence-electron chi connectivity index (χ3n) is 6.87. The summed E-state index contributed by atoms with van der Waals surface area (Å²) in [5.74, 6) is 0.983. The first kappa shape index (κ1) is 21.9. The van der Waals surface area contributed by atoms with Gasteiger partial charge in [-0.05, 0) is 96.4 Å². The van der Waals surface area contributed by atoms with E-state index in [2.05, 4.69) is 38.9 Å². The van der Waals surface area contributed by atoms with Crippen LogP contribution < -0.4 is 5.32 Å². The lowest BCUT2D eigenvalue weighted by molar-refractivity contribution is 0.169. The van der Waals surface area contributed by atoms with Crippen LogP contribution in [-0.2, 0) is 6.54 Å². The molecule has 0 bridgehead atoms. The molecular formula is C24H38ClN5. The predicted octanol–water partition coefficient (Wildman–Crippen LogP) is 5.24. The molecule has 30 heavy (non-hydrogen) atoms. The molecule has 6 heteroatoms. The van der Waals surface area contributed by atoms with E-state index in [0.29, 0.717) is 6.04 Å². The third-order valence-corrected chi connectivity index (χ3v) is 7.11. The molecular weight excluding hydrogens is 394 g/mol. The highest BCUT2D eigenvalue weighted by molar-refractivity contribution is 6.31. The fourth-order valence-corrected chi connectivity index (χ4v) is 5.19. The summed E-state index contributed by atoms with van der Waals surface area (Å²) in [5.41, 5.74) is 1.18. The largest absolute Gasteiger partial charge is 0.368 e. The number of hydrogen-bond acceptors (Lipinski definition) is 4. The van der Waals surface area contributed by atoms with Gasteiger partial charge in [0.15, 0.2) is 5.82 Å². The minimum absolute atomic E-state index is 0.624. The number of halogens is 1. The quantitative estimate of drug-likeness (QED) is 0.588. The van der Waals surface area contributed by atoms with E-state index in [0.717, 1.165) is 42.2 Å². The van der Waals surface area contributed by atoms with Gasteiger partial charge in [0.2, 0.25) is 0 Å². The van der Waals surface area contributed by atoms with Crippen molar-refractivity contribution in [1.29, 1.82) is 0 Å². The first-order chi connectivity index (χ1) is 14.7. The summed E-state index contributed by atoms with van der Waals surface area (Å²) >= 11 is 6.31. The Balaban J connectivity index is 1.35. The average molecular weight is 432 g/mol. The molecule has 0 radical (unpaired) electrons. The van der Waals surface area contributed by atoms with Crippen molar-refractivity contribution in [2.24, 2.45) is 0 Å². The van der Waals surface area contributed by atoms with Gasteiger partial charge >= 0.3 is 0 Å². The van der Waals surface area contributed by atoms with Crippen LogP contribution in [0.4, 0.5) is 5.82 Å². The Bertz CT molecular complexity index is 792. The molecule has 2 aliphatic heterocycles. The van der Waals surface area contributed by atoms with Crippen LogP contribution in [0.2, 0.25) is 5.02 Å². The molecule has 2 saturated heterocycles. The zero-order chi connectivity index (χ0) is 20.8. The van der Waals surface area contributed by atoms with Gasteiger partial charge in [-0.2, -0.15) is 5.10 Å². The number of hydrogen-bond donors (Lipinski definition) is 1. The van der Waals surface area contributed by atoms with E-state index in [1.165, 1.54) is 76.8 Å². The van der Waals surface area contributed by atoms with Gasteiger partial charge in [-0.15, -0.1) is 0 Å². The Morgan fingerprint density at radius 1 is 1.00 bits per heavy atom. The predicted molar refractivity (Wildman–Crippen MR) is 128 cm³/mol. The Labute approximate surface area is 186 Å². The van der Waals surface area contributed by atoms with E-state index in [-0.39, 0.29) is 0 Å². The molecule has 5 nitrogen and oxygen atoms in total. The SMILES string of the molecule is CC(CCNc1nn(CCCN2CCCCC2)c2ccc(Cl)cc12)N1CCCCC1. The van der Waals surface area contributed by atoms with Crippen LogP contribution in [-0.4, -0.2) is 64.9 Å². The van der Waals surface area contributed by atoms with Gasteiger partial charge in [-0.25, -0.2) is 0 Å². The highest BCUT2D eigenvalue weighted by atomic mass is 35.5. The number of aryl methyl sites for hydroxylation is 1. The smallest absolute Gasteiger partial charge is 0.156 e. The normalized spacial score (nSPS) is 19.9. The number of benzene rings is 1. The van der Waals surface area contributed by atoms with Gasteiger partial charge in [0.1, 0.15) is 0 Å². The Kier molecular flexibility index (Phi) is 7.91. The van der Waals surface area contributed by atoms with Crippen molar-refractivity contribution < 1.29 is 0 Å². The van der Waals surface area contributed by atoms with Crippen LogP contribution in [0, 0.1) is 0 Å². The number of piperidine rings is 2. The highest BCUT2D eigenvalue weighted by Crippen LogP contribution is 2.27. The average Bonchev–Trinajstić information content (AvgIpc) is 3.11. The Morgan fingerprint density at radius 3 is 2.50 bits per heavy atom. The molecule has 166 valence electrons. The van der Waals surface area contributed by atoms with Gasteiger partial charge < -0.3 is 15.1 Å². The molecule has 2 fully saturated rings. The summed E-state index contributed by atoms with van der Waals surface area (Å²) in [7, 11) is 0. The molecule has 0 spiro atoms. The van der Waals surface area contributed by atoms with Crippen molar-refractivity contribution in [2.45, 2.75) is 70.9 Å². The molecule has 2 aliphatic rings. The van der Waals surface area contributed by atoms with Crippen molar-refractivity contribution in [3.63, 3.8) is 0 Å². The van der Waals surface area contributed by atoms with E-state index in [1.54, 1.807) is 0 Å². The number of fused-ring (bicyclic) bond motifs is 1. The first-order valence-electron chi connectivity index (χ1n) is 12.1. The summed E-state index contributed by atoms with van der Waals surface area (Å²) in [6.45, 7) is 10.5. The molecule has 3 heterocycles. The lowest BCUT2D eigenvalue weighted by atomic mass is 10.1. The summed E-state index contributed by atoms with van der Waals surface area (Å²) in [6.07, 6.45) is 10.5. The summed E-state index contributed by atoms with van der Waals surface area (Å²) in [6, 6.07) is 6.78. The maximum absolute atomic E-state index is 6.31. The van der Waals surface area contributed by atoms with Crippen molar-refractivity contribution in [3.05, 3.63) is 23.2 Å². The third kappa shape index (κ3) is 5.68. The number of nitrogens with zero attached hydrogens (tertiary/aromatic N) is 4. The number of aromatic nitrogens is 2. The zero-order valence-electron chi connectivity index (χ0n) is 18.6. The number of likely N-dealkylation sites (tertiary alicyclic amines) is 2. The van der Waals surface area contributed by atoms with E-state index in [9.17, 15) is 0 Å². The van der Waals surface area contributed by atoms with E-state index < -0.39 is 0 Å². The molecule has 1 unspecified atom stereocenters. The maximum atomic E-state index is 6.31. The number of anilines is 1. The summed E-state index contributed by atoms with van der Waals surface area (Å²) < 4.78 is 2.17. The minimum Gasteiger partial charge on any atom is -0.368 e. The van der Waals surface area contributed by atoms with Crippen molar-refractivity contribution >= 4 is 28.3 Å². The molecule has 0 saturated carbocycles. The molecule has 0 aliphatic carbocycles. The zero-order valence-corrected chi connectivity index (χ0v) is 19.3. The molecule has 4 rings (SSSR count). The molecule has 1 N–H and O–H groups in total. The molecule has 1 atom stereocenters. The fraction of sp³-hybridized carbons (Fsp3) is 0.708. The number of nitrogens with one attached hydrogen (secondary N) is 1. The van der Waals surface area contributed by atoms with Crippen molar-refractivity contribution in [2.75, 3.05) is 44.6 Å². The van der Waals surface area contributed by atoms with Gasteiger partial charge in [0.25, 0.3) is 0 Å². The highest BCUT2D eigenvalue weighted by Gasteiger charge is 2.17. The second-order valence-corrected chi connectivity index (χ2v) is 9.59. The maximum Gasteiger partial charge on any atom is 0.156 e. The second kappa shape index (κ2) is 10.8. The van der Waals surface area contributed by atoms with Gasteiger partial charge in [0, 0.05) is 29.5 Å². The lowest BCUT2D eigenvalue weighted by Crippen LogP contribution is -2.38. The molecule has 0 amide bonds. The van der Waals surface area contributed by atoms with E-state index in [1.807, 2.05) is 6.07 Å². The fourth-order valence-electron chi connectivity index (χ4n) is 5.02. The first-order valence-corrected chi connectivity index (χ1v) is 12.4. The molecule has 1 aromatic heterocycles. The van der Waals surface area contributed by atoms with Gasteiger partial charge in [-0.1, -0.05) is 24.4 Å². The Morgan fingerprint density at radius 2 is 1.73 bits per heavy atom. The summed E-state index contributed by atoms with van der Waals surface area (Å²) in [4.78, 5) is 5.24. The van der Waals surface area contributed by atoms with Crippen LogP contribution >= 0.6 is 11.6 Å². The van der Waals surface area contributed by atoms with Crippen LogP contribution in [0.3, 0.4) is 0 Å². The van der Waals surface area contributed by atoms with E-state index >= 15 is 0 Å². The van der Waals surface area contributed by atoms with E-state index in [4.69, 9.17) is 16.7 Å². The summed E-state index contributed by atoms with van der Waals surface area (Å²) in [5, 5.41) is 10.5. The van der Waals surface area contributed by atoms with Crippen LogP contribution in [0.15, 0.2) is 18.2 Å². The molecule has 2 aromatic rings.